The van der Waals surface area contributed by atoms with Gasteiger partial charge in [-0.1, -0.05) is 37.3 Å². The Morgan fingerprint density at radius 1 is 1.23 bits per heavy atom. The SMILES string of the molecule is COC(=O)c1ccc(-c2ccc(/C=C(/C#N)C(=O)Nc3nnc(CC(C)C)s3)o2)cc1. The van der Waals surface area contributed by atoms with Crippen LogP contribution in [0.25, 0.3) is 17.4 Å². The molecular formula is C22H20N4O4S. The van der Waals surface area contributed by atoms with E-state index < -0.39 is 11.9 Å². The minimum Gasteiger partial charge on any atom is -0.465 e. The molecule has 2 heterocycles. The predicted octanol–water partition coefficient (Wildman–Crippen LogP) is 4.33. The summed E-state index contributed by atoms with van der Waals surface area (Å²) in [6, 6.07) is 12.0. The summed E-state index contributed by atoms with van der Waals surface area (Å²) in [6.45, 7) is 4.14. The number of benzene rings is 1. The summed E-state index contributed by atoms with van der Waals surface area (Å²) in [4.78, 5) is 24.0. The molecule has 158 valence electrons. The van der Waals surface area contributed by atoms with Crippen molar-refractivity contribution in [2.75, 3.05) is 12.4 Å². The molecule has 2 aromatic heterocycles. The molecule has 0 saturated heterocycles. The number of furan rings is 1. The Morgan fingerprint density at radius 3 is 2.61 bits per heavy atom. The monoisotopic (exact) mass is 436 g/mol. The van der Waals surface area contributed by atoms with E-state index in [0.29, 0.717) is 28.1 Å². The van der Waals surface area contributed by atoms with Gasteiger partial charge in [0, 0.05) is 18.1 Å². The number of nitriles is 1. The average Bonchev–Trinajstić information content (AvgIpc) is 3.40. The normalized spacial score (nSPS) is 11.3. The summed E-state index contributed by atoms with van der Waals surface area (Å²) in [6.07, 6.45) is 2.13. The molecule has 0 spiro atoms. The number of rotatable bonds is 7. The third-order valence-corrected chi connectivity index (χ3v) is 5.00. The molecule has 1 N–H and O–H groups in total. The number of hydrogen-bond acceptors (Lipinski definition) is 8. The molecule has 31 heavy (non-hydrogen) atoms. The molecule has 0 fully saturated rings. The van der Waals surface area contributed by atoms with Gasteiger partial charge in [-0.3, -0.25) is 10.1 Å². The lowest BCUT2D eigenvalue weighted by atomic mass is 10.1. The summed E-state index contributed by atoms with van der Waals surface area (Å²) in [5.74, 6) is 0.288. The third-order valence-electron chi connectivity index (χ3n) is 4.14. The van der Waals surface area contributed by atoms with Crippen LogP contribution in [0.4, 0.5) is 5.13 Å². The zero-order valence-electron chi connectivity index (χ0n) is 17.2. The summed E-state index contributed by atoms with van der Waals surface area (Å²) in [7, 11) is 1.32. The lowest BCUT2D eigenvalue weighted by molar-refractivity contribution is -0.112. The van der Waals surface area contributed by atoms with Crippen LogP contribution in [-0.4, -0.2) is 29.2 Å². The molecule has 1 amide bonds. The number of nitrogens with one attached hydrogen (secondary N) is 1. The Balaban J connectivity index is 1.72. The Morgan fingerprint density at radius 2 is 1.97 bits per heavy atom. The van der Waals surface area contributed by atoms with Crippen molar-refractivity contribution in [2.45, 2.75) is 20.3 Å². The minimum atomic E-state index is -0.588. The van der Waals surface area contributed by atoms with Gasteiger partial charge in [0.2, 0.25) is 5.13 Å². The van der Waals surface area contributed by atoms with E-state index in [0.717, 1.165) is 17.0 Å². The number of esters is 1. The molecule has 0 radical (unpaired) electrons. The molecular weight excluding hydrogens is 416 g/mol. The van der Waals surface area contributed by atoms with E-state index in [1.54, 1.807) is 36.4 Å². The molecule has 0 atom stereocenters. The lowest BCUT2D eigenvalue weighted by Crippen LogP contribution is -2.13. The van der Waals surface area contributed by atoms with E-state index in [9.17, 15) is 14.9 Å². The van der Waals surface area contributed by atoms with E-state index in [1.165, 1.54) is 24.5 Å². The fraction of sp³-hybridized carbons (Fsp3) is 0.227. The topological polar surface area (TPSA) is 118 Å². The highest BCUT2D eigenvalue weighted by Crippen LogP contribution is 2.24. The van der Waals surface area contributed by atoms with Gasteiger partial charge < -0.3 is 9.15 Å². The van der Waals surface area contributed by atoms with E-state index in [1.807, 2.05) is 6.07 Å². The summed E-state index contributed by atoms with van der Waals surface area (Å²) >= 11 is 1.28. The van der Waals surface area contributed by atoms with Crippen LogP contribution in [0.3, 0.4) is 0 Å². The Labute approximate surface area is 183 Å². The maximum absolute atomic E-state index is 12.4. The fourth-order valence-corrected chi connectivity index (χ4v) is 3.61. The molecule has 3 aromatic rings. The number of carbonyl (C=O) groups is 2. The van der Waals surface area contributed by atoms with Crippen LogP contribution in [-0.2, 0) is 16.0 Å². The number of hydrogen-bond donors (Lipinski definition) is 1. The standard InChI is InChI=1S/C22H20N4O4S/c1-13(2)10-19-25-26-22(31-19)24-20(27)16(12-23)11-17-8-9-18(30-17)14-4-6-15(7-5-14)21(28)29-3/h4-9,11,13H,10H2,1-3H3,(H,24,26,27)/b16-11-. The van der Waals surface area contributed by atoms with Crippen LogP contribution in [0.15, 0.2) is 46.4 Å². The maximum Gasteiger partial charge on any atom is 0.337 e. The fourth-order valence-electron chi connectivity index (χ4n) is 2.67. The second kappa shape index (κ2) is 9.82. The van der Waals surface area contributed by atoms with Crippen LogP contribution in [0, 0.1) is 17.2 Å². The van der Waals surface area contributed by atoms with Crippen LogP contribution in [0.2, 0.25) is 0 Å². The van der Waals surface area contributed by atoms with Gasteiger partial charge in [0.05, 0.1) is 12.7 Å². The number of aromatic nitrogens is 2. The van der Waals surface area contributed by atoms with Crippen molar-refractivity contribution in [1.82, 2.24) is 10.2 Å². The van der Waals surface area contributed by atoms with Gasteiger partial charge in [-0.2, -0.15) is 5.26 Å². The van der Waals surface area contributed by atoms with Gasteiger partial charge in [0.15, 0.2) is 0 Å². The zero-order valence-corrected chi connectivity index (χ0v) is 18.0. The van der Waals surface area contributed by atoms with Crippen molar-refractivity contribution < 1.29 is 18.7 Å². The quantitative estimate of drug-likeness (QED) is 0.333. The molecule has 0 aliphatic rings. The predicted molar refractivity (Wildman–Crippen MR) is 116 cm³/mol. The molecule has 8 nitrogen and oxygen atoms in total. The minimum absolute atomic E-state index is 0.123. The van der Waals surface area contributed by atoms with Crippen molar-refractivity contribution in [2.24, 2.45) is 5.92 Å². The highest BCUT2D eigenvalue weighted by molar-refractivity contribution is 7.15. The van der Waals surface area contributed by atoms with E-state index >= 15 is 0 Å². The largest absolute Gasteiger partial charge is 0.465 e. The Kier molecular flexibility index (Phi) is 6.95. The molecule has 1 aromatic carbocycles. The average molecular weight is 436 g/mol. The number of anilines is 1. The van der Waals surface area contributed by atoms with Crippen LogP contribution >= 0.6 is 11.3 Å². The molecule has 0 bridgehead atoms. The van der Waals surface area contributed by atoms with Crippen LogP contribution in [0.5, 0.6) is 0 Å². The Hall–Kier alpha value is -3.77. The zero-order chi connectivity index (χ0) is 22.4. The molecule has 9 heteroatoms. The van der Waals surface area contributed by atoms with Crippen LogP contribution < -0.4 is 5.32 Å². The van der Waals surface area contributed by atoms with Crippen molar-refractivity contribution >= 4 is 34.4 Å². The van der Waals surface area contributed by atoms with Gasteiger partial charge in [-0.05, 0) is 30.2 Å². The maximum atomic E-state index is 12.4. The summed E-state index contributed by atoms with van der Waals surface area (Å²) in [5, 5.41) is 21.1. The Bertz CT molecular complexity index is 1150. The number of amides is 1. The first-order valence-electron chi connectivity index (χ1n) is 9.43. The second-order valence-corrected chi connectivity index (χ2v) is 8.06. The smallest absolute Gasteiger partial charge is 0.337 e. The van der Waals surface area contributed by atoms with E-state index in [4.69, 9.17) is 4.42 Å². The third kappa shape index (κ3) is 5.65. The van der Waals surface area contributed by atoms with Gasteiger partial charge >= 0.3 is 5.97 Å². The van der Waals surface area contributed by atoms with E-state index in [2.05, 4.69) is 34.1 Å². The molecule has 0 saturated carbocycles. The first-order valence-corrected chi connectivity index (χ1v) is 10.3. The van der Waals surface area contributed by atoms with Crippen molar-refractivity contribution in [3.05, 3.63) is 58.3 Å². The lowest BCUT2D eigenvalue weighted by Gasteiger charge is -2.01. The second-order valence-electron chi connectivity index (χ2n) is 6.99. The number of carbonyl (C=O) groups excluding carboxylic acids is 2. The summed E-state index contributed by atoms with van der Waals surface area (Å²) in [5.41, 5.74) is 1.04. The molecule has 3 rings (SSSR count). The molecule has 0 unspecified atom stereocenters. The van der Waals surface area contributed by atoms with Crippen LogP contribution in [0.1, 0.15) is 35.0 Å². The van der Waals surface area contributed by atoms with Gasteiger partial charge in [0.1, 0.15) is 28.2 Å². The van der Waals surface area contributed by atoms with Gasteiger partial charge in [-0.25, -0.2) is 4.79 Å². The van der Waals surface area contributed by atoms with E-state index in [-0.39, 0.29) is 5.57 Å². The molecule has 0 aliphatic heterocycles. The highest BCUT2D eigenvalue weighted by Gasteiger charge is 2.15. The number of ether oxygens (including phenoxy) is 1. The molecule has 0 aliphatic carbocycles. The first kappa shape index (κ1) is 21.9. The van der Waals surface area contributed by atoms with Crippen molar-refractivity contribution in [3.8, 4) is 17.4 Å². The van der Waals surface area contributed by atoms with Gasteiger partial charge in [0.25, 0.3) is 5.91 Å². The van der Waals surface area contributed by atoms with Crippen molar-refractivity contribution in [1.29, 1.82) is 5.26 Å². The highest BCUT2D eigenvalue weighted by atomic mass is 32.1. The number of nitrogens with zero attached hydrogens (tertiary/aromatic N) is 3. The van der Waals surface area contributed by atoms with Crippen molar-refractivity contribution in [3.63, 3.8) is 0 Å². The first-order chi connectivity index (χ1) is 14.9. The number of methoxy groups -OCH3 is 1. The summed E-state index contributed by atoms with van der Waals surface area (Å²) < 4.78 is 10.4. The van der Waals surface area contributed by atoms with Gasteiger partial charge in [-0.15, -0.1) is 10.2 Å².